The van der Waals surface area contributed by atoms with Crippen molar-refractivity contribution in [2.75, 3.05) is 31.7 Å². The number of fused-ring (bicyclic) bond motifs is 1. The van der Waals surface area contributed by atoms with Crippen molar-refractivity contribution in [2.45, 2.75) is 12.6 Å². The molecule has 4 rings (SSSR count). The number of nitrogens with one attached hydrogen (secondary N) is 1. The smallest absolute Gasteiger partial charge is 0.419 e. The number of hydrogen-bond donors (Lipinski definition) is 3. The van der Waals surface area contributed by atoms with Crippen molar-refractivity contribution in [3.8, 4) is 16.9 Å². The van der Waals surface area contributed by atoms with Crippen LogP contribution in [0.3, 0.4) is 0 Å². The van der Waals surface area contributed by atoms with Gasteiger partial charge in [-0.3, -0.25) is 4.79 Å². The highest BCUT2D eigenvalue weighted by Gasteiger charge is 2.35. The summed E-state index contributed by atoms with van der Waals surface area (Å²) >= 11 is 0. The van der Waals surface area contributed by atoms with Gasteiger partial charge in [-0.2, -0.15) is 13.2 Å². The molecule has 1 unspecified atom stereocenters. The lowest BCUT2D eigenvalue weighted by Gasteiger charge is -2.23. The Balaban J connectivity index is 1.95. The first-order chi connectivity index (χ1) is 14.7. The Kier molecular flexibility index (Phi) is 5.26. The molecule has 4 N–H and O–H groups in total. The van der Waals surface area contributed by atoms with E-state index in [0.717, 1.165) is 12.5 Å². The predicted molar refractivity (Wildman–Crippen MR) is 109 cm³/mol. The molecule has 1 aliphatic rings. The predicted octanol–water partition coefficient (Wildman–Crippen LogP) is 3.17. The van der Waals surface area contributed by atoms with Crippen LogP contribution in [0.25, 0.3) is 22.2 Å². The number of carbonyl (C=O) groups excluding carboxylic acids is 1. The number of methoxy groups -OCH3 is 1. The molecule has 0 aliphatic carbocycles. The zero-order chi connectivity index (χ0) is 22.3. The van der Waals surface area contributed by atoms with Crippen molar-refractivity contribution < 1.29 is 27.8 Å². The number of aromatic nitrogens is 2. The number of primary amides is 1. The highest BCUT2D eigenvalue weighted by Crippen LogP contribution is 2.42. The lowest BCUT2D eigenvalue weighted by atomic mass is 9.97. The Bertz CT molecular complexity index is 1140. The number of aliphatic hydroxyl groups is 1. The number of alkyl halides is 3. The molecule has 0 spiro atoms. The summed E-state index contributed by atoms with van der Waals surface area (Å²) in [5, 5.41) is 9.48. The highest BCUT2D eigenvalue weighted by atomic mass is 19.4. The summed E-state index contributed by atoms with van der Waals surface area (Å²) in [6, 6.07) is 5.43. The van der Waals surface area contributed by atoms with E-state index in [0.29, 0.717) is 35.4 Å². The van der Waals surface area contributed by atoms with Crippen molar-refractivity contribution in [1.82, 2.24) is 9.97 Å². The fourth-order valence-electron chi connectivity index (χ4n) is 4.11. The molecule has 0 saturated carbocycles. The number of nitrogens with zero attached hydrogens (tertiary/aromatic N) is 2. The summed E-state index contributed by atoms with van der Waals surface area (Å²) in [4.78, 5) is 21.3. The molecule has 0 bridgehead atoms. The van der Waals surface area contributed by atoms with Crippen LogP contribution in [0, 0.1) is 5.92 Å². The van der Waals surface area contributed by atoms with Gasteiger partial charge in [-0.1, -0.05) is 6.07 Å². The molecule has 1 amide bonds. The number of carbonyl (C=O) groups is 1. The SMILES string of the molecule is COc1ccc(-c2cc(N3CCC(CO)C3)c(C(N)=O)c3[nH]cnc23)cc1C(F)(F)F. The zero-order valence-electron chi connectivity index (χ0n) is 16.7. The van der Waals surface area contributed by atoms with Crippen LogP contribution in [-0.4, -0.2) is 47.8 Å². The quantitative estimate of drug-likeness (QED) is 0.572. The average molecular weight is 434 g/mol. The van der Waals surface area contributed by atoms with Gasteiger partial charge in [0.15, 0.2) is 0 Å². The third kappa shape index (κ3) is 3.67. The van der Waals surface area contributed by atoms with Gasteiger partial charge in [0.1, 0.15) is 5.75 Å². The van der Waals surface area contributed by atoms with Gasteiger partial charge < -0.3 is 25.5 Å². The molecule has 0 radical (unpaired) electrons. The first-order valence-corrected chi connectivity index (χ1v) is 9.66. The third-order valence-corrected chi connectivity index (χ3v) is 5.63. The minimum absolute atomic E-state index is 0.00891. The number of imidazole rings is 1. The third-order valence-electron chi connectivity index (χ3n) is 5.63. The van der Waals surface area contributed by atoms with Gasteiger partial charge in [0.25, 0.3) is 5.91 Å². The Morgan fingerprint density at radius 3 is 2.77 bits per heavy atom. The molecule has 1 fully saturated rings. The van der Waals surface area contributed by atoms with Gasteiger partial charge >= 0.3 is 6.18 Å². The lowest BCUT2D eigenvalue weighted by Crippen LogP contribution is -2.25. The summed E-state index contributed by atoms with van der Waals surface area (Å²) in [7, 11) is 1.18. The minimum atomic E-state index is -4.61. The molecule has 1 aliphatic heterocycles. The Morgan fingerprint density at radius 2 is 2.16 bits per heavy atom. The number of hydrogen-bond acceptors (Lipinski definition) is 5. The number of aromatic amines is 1. The van der Waals surface area contributed by atoms with Gasteiger partial charge in [-0.15, -0.1) is 0 Å². The van der Waals surface area contributed by atoms with E-state index >= 15 is 0 Å². The van der Waals surface area contributed by atoms with Crippen LogP contribution < -0.4 is 15.4 Å². The largest absolute Gasteiger partial charge is 0.496 e. The standard InChI is InChI=1S/C21H21F3N4O3/c1-31-16-3-2-12(6-14(16)21(22,23)24)13-7-15(28-5-4-11(8-28)9-29)17(20(25)30)19-18(13)26-10-27-19/h2-3,6-7,10-11,29H,4-5,8-9H2,1H3,(H2,25,30)(H,26,27). The van der Waals surface area contributed by atoms with Crippen LogP contribution in [0.2, 0.25) is 0 Å². The summed E-state index contributed by atoms with van der Waals surface area (Å²) in [5.41, 5.74) is 6.88. The normalized spacial score (nSPS) is 16.8. The van der Waals surface area contributed by atoms with Crippen LogP contribution in [-0.2, 0) is 6.18 Å². The minimum Gasteiger partial charge on any atom is -0.496 e. The molecule has 1 atom stereocenters. The summed E-state index contributed by atoms with van der Waals surface area (Å²) in [6.07, 6.45) is -2.50. The van der Waals surface area contributed by atoms with Crippen molar-refractivity contribution in [1.29, 1.82) is 0 Å². The van der Waals surface area contributed by atoms with E-state index in [1.54, 1.807) is 6.07 Å². The van der Waals surface area contributed by atoms with Crippen LogP contribution >= 0.6 is 0 Å². The number of rotatable bonds is 5. The van der Waals surface area contributed by atoms with Gasteiger partial charge in [0.05, 0.1) is 41.3 Å². The number of benzene rings is 2. The van der Waals surface area contributed by atoms with Gasteiger partial charge in [-0.25, -0.2) is 4.98 Å². The number of anilines is 1. The Labute approximate surface area is 175 Å². The monoisotopic (exact) mass is 434 g/mol. The van der Waals surface area contributed by atoms with Crippen molar-refractivity contribution in [2.24, 2.45) is 11.7 Å². The fourth-order valence-corrected chi connectivity index (χ4v) is 4.11. The van der Waals surface area contributed by atoms with E-state index in [1.807, 2.05) is 4.90 Å². The van der Waals surface area contributed by atoms with Crippen LogP contribution in [0.4, 0.5) is 18.9 Å². The second kappa shape index (κ2) is 7.77. The number of nitrogens with two attached hydrogens (primary N) is 1. The van der Waals surface area contributed by atoms with Gasteiger partial charge in [-0.05, 0) is 30.2 Å². The fraction of sp³-hybridized carbons (Fsp3) is 0.333. The van der Waals surface area contributed by atoms with Crippen LogP contribution in [0.1, 0.15) is 22.3 Å². The molecule has 1 saturated heterocycles. The highest BCUT2D eigenvalue weighted by molar-refractivity contribution is 6.12. The first kappa shape index (κ1) is 21.0. The maximum Gasteiger partial charge on any atom is 0.419 e. The molecule has 7 nitrogen and oxygen atoms in total. The molecule has 2 aromatic carbocycles. The maximum absolute atomic E-state index is 13.6. The molecule has 31 heavy (non-hydrogen) atoms. The number of ether oxygens (including phenoxy) is 1. The number of halogens is 3. The molecule has 1 aromatic heterocycles. The topological polar surface area (TPSA) is 104 Å². The number of amides is 1. The van der Waals surface area contributed by atoms with E-state index in [-0.39, 0.29) is 29.4 Å². The van der Waals surface area contributed by atoms with Gasteiger partial charge in [0, 0.05) is 31.2 Å². The molecule has 164 valence electrons. The molecule has 2 heterocycles. The Hall–Kier alpha value is -3.27. The number of aliphatic hydroxyl groups excluding tert-OH is 1. The second-order valence-electron chi connectivity index (χ2n) is 7.50. The van der Waals surface area contributed by atoms with Crippen molar-refractivity contribution >= 4 is 22.6 Å². The van der Waals surface area contributed by atoms with E-state index in [9.17, 15) is 23.1 Å². The summed E-state index contributed by atoms with van der Waals surface area (Å²) in [6.45, 7) is 1.10. The summed E-state index contributed by atoms with van der Waals surface area (Å²) in [5.74, 6) is -0.915. The lowest BCUT2D eigenvalue weighted by molar-refractivity contribution is -0.138. The molecular weight excluding hydrogens is 413 g/mol. The van der Waals surface area contributed by atoms with Crippen LogP contribution in [0.5, 0.6) is 5.75 Å². The van der Waals surface area contributed by atoms with Crippen molar-refractivity contribution in [3.05, 3.63) is 41.7 Å². The van der Waals surface area contributed by atoms with Gasteiger partial charge in [0.2, 0.25) is 0 Å². The average Bonchev–Trinajstić information content (AvgIpc) is 3.40. The van der Waals surface area contributed by atoms with Crippen LogP contribution in [0.15, 0.2) is 30.6 Å². The molecular formula is C21H21F3N4O3. The van der Waals surface area contributed by atoms with Crippen molar-refractivity contribution in [3.63, 3.8) is 0 Å². The van der Waals surface area contributed by atoms with E-state index in [4.69, 9.17) is 10.5 Å². The zero-order valence-corrected chi connectivity index (χ0v) is 16.7. The second-order valence-corrected chi connectivity index (χ2v) is 7.50. The molecule has 10 heteroatoms. The first-order valence-electron chi connectivity index (χ1n) is 9.66. The van der Waals surface area contributed by atoms with E-state index in [1.165, 1.54) is 25.6 Å². The van der Waals surface area contributed by atoms with E-state index in [2.05, 4.69) is 9.97 Å². The number of H-pyrrole nitrogens is 1. The maximum atomic E-state index is 13.6. The summed E-state index contributed by atoms with van der Waals surface area (Å²) < 4.78 is 45.6. The van der Waals surface area contributed by atoms with E-state index < -0.39 is 17.6 Å². The molecule has 3 aromatic rings. The Morgan fingerprint density at radius 1 is 1.39 bits per heavy atom.